The smallest absolute Gasteiger partial charge is 0.227 e. The zero-order valence-corrected chi connectivity index (χ0v) is 16.8. The van der Waals surface area contributed by atoms with Crippen molar-refractivity contribution in [3.05, 3.63) is 65.7 Å². The van der Waals surface area contributed by atoms with E-state index in [1.54, 1.807) is 18.3 Å². The van der Waals surface area contributed by atoms with Crippen molar-refractivity contribution in [2.45, 2.75) is 45.1 Å². The zero-order chi connectivity index (χ0) is 19.9. The number of amides is 1. The molecule has 1 aromatic carbocycles. The molecular weight excluding hydrogens is 353 g/mol. The van der Waals surface area contributed by atoms with Crippen LogP contribution in [-0.4, -0.2) is 41.5 Å². The summed E-state index contributed by atoms with van der Waals surface area (Å²) in [6, 6.07) is 12.2. The van der Waals surface area contributed by atoms with Crippen molar-refractivity contribution in [1.29, 1.82) is 0 Å². The van der Waals surface area contributed by atoms with E-state index in [2.05, 4.69) is 29.0 Å². The normalized spacial score (nSPS) is 17.8. The maximum atomic E-state index is 13.3. The second-order valence-corrected chi connectivity index (χ2v) is 7.94. The molecule has 2 heterocycles. The van der Waals surface area contributed by atoms with Gasteiger partial charge in [0.15, 0.2) is 0 Å². The lowest BCUT2D eigenvalue weighted by Crippen LogP contribution is -2.46. The fourth-order valence-electron chi connectivity index (χ4n) is 3.75. The van der Waals surface area contributed by atoms with Gasteiger partial charge >= 0.3 is 0 Å². The Morgan fingerprint density at radius 2 is 1.93 bits per heavy atom. The first-order valence-electron chi connectivity index (χ1n) is 10.2. The number of likely N-dealkylation sites (tertiary alicyclic amines) is 1. The summed E-state index contributed by atoms with van der Waals surface area (Å²) in [5, 5.41) is 3.12. The maximum absolute atomic E-state index is 13.3. The van der Waals surface area contributed by atoms with Gasteiger partial charge in [-0.1, -0.05) is 25.1 Å². The average molecular weight is 384 g/mol. The Morgan fingerprint density at radius 1 is 1.21 bits per heavy atom. The Morgan fingerprint density at radius 3 is 2.57 bits per heavy atom. The number of rotatable bonds is 7. The third-order valence-electron chi connectivity index (χ3n) is 5.74. The van der Waals surface area contributed by atoms with Crippen LogP contribution < -0.4 is 5.32 Å². The second kappa shape index (κ2) is 9.78. The summed E-state index contributed by atoms with van der Waals surface area (Å²) in [5.41, 5.74) is 1.66. The third-order valence-corrected chi connectivity index (χ3v) is 5.74. The first-order chi connectivity index (χ1) is 13.5. The number of benzene rings is 1. The number of hydrogen-bond donors (Lipinski definition) is 1. The van der Waals surface area contributed by atoms with Crippen LogP contribution in [-0.2, 0) is 11.2 Å². The van der Waals surface area contributed by atoms with Gasteiger partial charge in [0.2, 0.25) is 5.91 Å². The van der Waals surface area contributed by atoms with Gasteiger partial charge < -0.3 is 5.32 Å². The molecule has 150 valence electrons. The zero-order valence-electron chi connectivity index (χ0n) is 16.8. The highest BCUT2D eigenvalue weighted by molar-refractivity contribution is 5.84. The number of pyridine rings is 1. The molecule has 2 aromatic rings. The summed E-state index contributed by atoms with van der Waals surface area (Å²) < 4.78 is 13.3. The highest BCUT2D eigenvalue weighted by Gasteiger charge is 2.24. The van der Waals surface area contributed by atoms with E-state index in [0.29, 0.717) is 19.0 Å². The van der Waals surface area contributed by atoms with E-state index in [9.17, 15) is 9.18 Å². The SMILES string of the molecule is CC1CCN(C(C)CNC(=O)C(Cc2ccccn2)c2ccc(F)cc2)CC1. The number of aromatic nitrogens is 1. The van der Waals surface area contributed by atoms with E-state index in [-0.39, 0.29) is 17.6 Å². The highest BCUT2D eigenvalue weighted by atomic mass is 19.1. The molecule has 2 atom stereocenters. The van der Waals surface area contributed by atoms with Crippen molar-refractivity contribution in [3.8, 4) is 0 Å². The first kappa shape index (κ1) is 20.5. The molecule has 3 rings (SSSR count). The fourth-order valence-corrected chi connectivity index (χ4v) is 3.75. The van der Waals surface area contributed by atoms with Crippen LogP contribution in [0.4, 0.5) is 4.39 Å². The Balaban J connectivity index is 1.65. The molecular formula is C23H30FN3O. The lowest BCUT2D eigenvalue weighted by molar-refractivity contribution is -0.122. The van der Waals surface area contributed by atoms with E-state index in [4.69, 9.17) is 0 Å². The van der Waals surface area contributed by atoms with E-state index in [1.165, 1.54) is 25.0 Å². The van der Waals surface area contributed by atoms with Crippen LogP contribution in [0.15, 0.2) is 48.7 Å². The van der Waals surface area contributed by atoms with Crippen LogP contribution in [0.1, 0.15) is 43.9 Å². The molecule has 0 spiro atoms. The molecule has 0 aliphatic carbocycles. The summed E-state index contributed by atoms with van der Waals surface area (Å²) >= 11 is 0. The molecule has 0 radical (unpaired) electrons. The fraction of sp³-hybridized carbons (Fsp3) is 0.478. The molecule has 4 nitrogen and oxygen atoms in total. The van der Waals surface area contributed by atoms with Gasteiger partial charge in [-0.25, -0.2) is 4.39 Å². The lowest BCUT2D eigenvalue weighted by atomic mass is 9.93. The standard InChI is InChI=1S/C23H30FN3O/c1-17-10-13-27(14-11-17)18(2)16-26-23(28)22(15-21-5-3-4-12-25-21)19-6-8-20(24)9-7-19/h3-9,12,17-18,22H,10-11,13-16H2,1-2H3,(H,26,28). The van der Waals surface area contributed by atoms with Crippen LogP contribution in [0.2, 0.25) is 0 Å². The molecule has 28 heavy (non-hydrogen) atoms. The highest BCUT2D eigenvalue weighted by Crippen LogP contribution is 2.22. The number of carbonyl (C=O) groups is 1. The summed E-state index contributed by atoms with van der Waals surface area (Å²) in [6.07, 6.45) is 4.66. The summed E-state index contributed by atoms with van der Waals surface area (Å²) in [6.45, 7) is 7.27. The first-order valence-corrected chi connectivity index (χ1v) is 10.2. The number of halogens is 1. The number of hydrogen-bond acceptors (Lipinski definition) is 3. The molecule has 1 saturated heterocycles. The predicted molar refractivity (Wildman–Crippen MR) is 110 cm³/mol. The van der Waals surface area contributed by atoms with Gasteiger partial charge in [0.25, 0.3) is 0 Å². The second-order valence-electron chi connectivity index (χ2n) is 7.94. The van der Waals surface area contributed by atoms with Crippen molar-refractivity contribution in [1.82, 2.24) is 15.2 Å². The number of nitrogens with one attached hydrogen (secondary N) is 1. The molecule has 0 bridgehead atoms. The van der Waals surface area contributed by atoms with E-state index < -0.39 is 0 Å². The van der Waals surface area contributed by atoms with E-state index in [0.717, 1.165) is 30.3 Å². The van der Waals surface area contributed by atoms with Gasteiger partial charge in [0.1, 0.15) is 5.82 Å². The summed E-state index contributed by atoms with van der Waals surface area (Å²) in [7, 11) is 0. The van der Waals surface area contributed by atoms with Gasteiger partial charge in [-0.15, -0.1) is 0 Å². The van der Waals surface area contributed by atoms with Crippen LogP contribution in [0.25, 0.3) is 0 Å². The predicted octanol–water partition coefficient (Wildman–Crippen LogP) is 3.78. The Labute approximate surface area is 167 Å². The molecule has 1 aromatic heterocycles. The number of nitrogens with zero attached hydrogens (tertiary/aromatic N) is 2. The van der Waals surface area contributed by atoms with Gasteiger partial charge in [-0.3, -0.25) is 14.7 Å². The third kappa shape index (κ3) is 5.61. The van der Waals surface area contributed by atoms with E-state index >= 15 is 0 Å². The largest absolute Gasteiger partial charge is 0.354 e. The molecule has 1 aliphatic rings. The van der Waals surface area contributed by atoms with Gasteiger partial charge in [-0.2, -0.15) is 0 Å². The Hall–Kier alpha value is -2.27. The van der Waals surface area contributed by atoms with Gasteiger partial charge in [-0.05, 0) is 68.6 Å². The van der Waals surface area contributed by atoms with Crippen LogP contribution in [0.5, 0.6) is 0 Å². The number of carbonyl (C=O) groups excluding carboxylic acids is 1. The molecule has 1 aliphatic heterocycles. The van der Waals surface area contributed by atoms with E-state index in [1.807, 2.05) is 18.2 Å². The number of piperidine rings is 1. The minimum absolute atomic E-state index is 0.0329. The quantitative estimate of drug-likeness (QED) is 0.791. The minimum Gasteiger partial charge on any atom is -0.354 e. The molecule has 1 fully saturated rings. The molecule has 1 N–H and O–H groups in total. The lowest BCUT2D eigenvalue weighted by Gasteiger charge is -2.35. The Kier molecular flexibility index (Phi) is 7.15. The topological polar surface area (TPSA) is 45.2 Å². The van der Waals surface area contributed by atoms with Gasteiger partial charge in [0, 0.05) is 30.9 Å². The summed E-state index contributed by atoms with van der Waals surface area (Å²) in [5.74, 6) is 0.0755. The van der Waals surface area contributed by atoms with Crippen molar-refractivity contribution in [3.63, 3.8) is 0 Å². The molecule has 0 saturated carbocycles. The molecule has 5 heteroatoms. The average Bonchev–Trinajstić information content (AvgIpc) is 2.72. The van der Waals surface area contributed by atoms with Gasteiger partial charge in [0.05, 0.1) is 5.92 Å². The van der Waals surface area contributed by atoms with Crippen molar-refractivity contribution in [2.24, 2.45) is 5.92 Å². The van der Waals surface area contributed by atoms with Crippen LogP contribution in [0.3, 0.4) is 0 Å². The molecule has 2 unspecified atom stereocenters. The van der Waals surface area contributed by atoms with Crippen molar-refractivity contribution in [2.75, 3.05) is 19.6 Å². The van der Waals surface area contributed by atoms with Crippen molar-refractivity contribution >= 4 is 5.91 Å². The van der Waals surface area contributed by atoms with Crippen LogP contribution >= 0.6 is 0 Å². The minimum atomic E-state index is -0.385. The van der Waals surface area contributed by atoms with Crippen molar-refractivity contribution < 1.29 is 9.18 Å². The molecule has 1 amide bonds. The Bertz CT molecular complexity index is 742. The maximum Gasteiger partial charge on any atom is 0.227 e. The monoisotopic (exact) mass is 383 g/mol. The summed E-state index contributed by atoms with van der Waals surface area (Å²) in [4.78, 5) is 19.8. The van der Waals surface area contributed by atoms with Crippen LogP contribution in [0, 0.1) is 11.7 Å².